The van der Waals surface area contributed by atoms with Gasteiger partial charge >= 0.3 is 0 Å². The number of rotatable bonds is 5. The lowest BCUT2D eigenvalue weighted by Gasteiger charge is -2.13. The van der Waals surface area contributed by atoms with Crippen LogP contribution >= 0.6 is 0 Å². The number of nitrogens with one attached hydrogen (secondary N) is 2. The van der Waals surface area contributed by atoms with E-state index in [1.54, 1.807) is 7.11 Å². The summed E-state index contributed by atoms with van der Waals surface area (Å²) in [5.41, 5.74) is 0. The number of amides is 1. The van der Waals surface area contributed by atoms with Crippen molar-refractivity contribution in [1.82, 2.24) is 10.6 Å². The summed E-state index contributed by atoms with van der Waals surface area (Å²) in [5.74, 6) is 0.786. The third-order valence-corrected chi connectivity index (χ3v) is 2.68. The molecular weight excluding hydrogens is 180 g/mol. The number of hydrogen-bond donors (Lipinski definition) is 2. The Morgan fingerprint density at radius 1 is 1.57 bits per heavy atom. The largest absolute Gasteiger partial charge is 0.385 e. The molecule has 0 radical (unpaired) electrons. The van der Waals surface area contributed by atoms with Crippen molar-refractivity contribution < 1.29 is 9.53 Å². The van der Waals surface area contributed by atoms with Crippen LogP contribution in [0.3, 0.4) is 0 Å². The van der Waals surface area contributed by atoms with Crippen molar-refractivity contribution in [3.05, 3.63) is 0 Å². The maximum atomic E-state index is 11.6. The number of ether oxygens (including phenoxy) is 1. The molecular formula is C10H20N2O2. The molecule has 0 unspecified atom stereocenters. The fourth-order valence-corrected chi connectivity index (χ4v) is 1.72. The molecule has 0 aliphatic carbocycles. The van der Waals surface area contributed by atoms with Crippen LogP contribution in [0.4, 0.5) is 0 Å². The predicted octanol–water partition coefficient (Wildman–Crippen LogP) is -0.00540. The standard InChI is InChI=1S/C10H20N2O2/c1-8-6-11-7-9(8)10(13)12-4-3-5-14-2/h8-9,11H,3-7H2,1-2H3,(H,12,13)/t8-,9-/m1/s1. The first-order valence-electron chi connectivity index (χ1n) is 5.23. The van der Waals surface area contributed by atoms with Gasteiger partial charge in [-0.2, -0.15) is 0 Å². The molecule has 1 aliphatic rings. The van der Waals surface area contributed by atoms with Crippen LogP contribution in [0.5, 0.6) is 0 Å². The van der Waals surface area contributed by atoms with Gasteiger partial charge in [-0.25, -0.2) is 0 Å². The van der Waals surface area contributed by atoms with E-state index in [-0.39, 0.29) is 11.8 Å². The topological polar surface area (TPSA) is 50.4 Å². The van der Waals surface area contributed by atoms with E-state index in [4.69, 9.17) is 4.74 Å². The van der Waals surface area contributed by atoms with Gasteiger partial charge in [-0.05, 0) is 18.9 Å². The fourth-order valence-electron chi connectivity index (χ4n) is 1.72. The van der Waals surface area contributed by atoms with Crippen molar-refractivity contribution in [2.45, 2.75) is 13.3 Å². The number of carbonyl (C=O) groups is 1. The second-order valence-corrected chi connectivity index (χ2v) is 3.88. The Kier molecular flexibility index (Phi) is 4.90. The quantitative estimate of drug-likeness (QED) is 0.614. The molecule has 2 N–H and O–H groups in total. The van der Waals surface area contributed by atoms with E-state index in [0.29, 0.717) is 12.5 Å². The van der Waals surface area contributed by atoms with Gasteiger partial charge in [0.1, 0.15) is 0 Å². The number of carbonyl (C=O) groups excluding carboxylic acids is 1. The van der Waals surface area contributed by atoms with E-state index in [1.165, 1.54) is 0 Å². The van der Waals surface area contributed by atoms with Gasteiger partial charge in [0.15, 0.2) is 0 Å². The molecule has 1 heterocycles. The minimum atomic E-state index is 0.151. The van der Waals surface area contributed by atoms with E-state index in [9.17, 15) is 4.79 Å². The smallest absolute Gasteiger partial charge is 0.224 e. The van der Waals surface area contributed by atoms with Gasteiger partial charge in [-0.1, -0.05) is 6.92 Å². The van der Waals surface area contributed by atoms with Gasteiger partial charge in [0.25, 0.3) is 0 Å². The molecule has 0 bridgehead atoms. The highest BCUT2D eigenvalue weighted by atomic mass is 16.5. The van der Waals surface area contributed by atoms with Crippen molar-refractivity contribution in [3.8, 4) is 0 Å². The van der Waals surface area contributed by atoms with Gasteiger partial charge < -0.3 is 15.4 Å². The minimum Gasteiger partial charge on any atom is -0.385 e. The molecule has 0 aromatic carbocycles. The van der Waals surface area contributed by atoms with Crippen LogP contribution in [0.2, 0.25) is 0 Å². The Hall–Kier alpha value is -0.610. The second kappa shape index (κ2) is 5.98. The van der Waals surface area contributed by atoms with Crippen LogP contribution < -0.4 is 10.6 Å². The zero-order valence-corrected chi connectivity index (χ0v) is 9.01. The van der Waals surface area contributed by atoms with Crippen LogP contribution in [0.25, 0.3) is 0 Å². The summed E-state index contributed by atoms with van der Waals surface area (Å²) in [6, 6.07) is 0. The highest BCUT2D eigenvalue weighted by molar-refractivity contribution is 5.79. The van der Waals surface area contributed by atoms with Crippen molar-refractivity contribution in [1.29, 1.82) is 0 Å². The van der Waals surface area contributed by atoms with Crippen LogP contribution in [-0.2, 0) is 9.53 Å². The molecule has 1 rings (SSSR count). The first-order valence-corrected chi connectivity index (χ1v) is 5.23. The van der Waals surface area contributed by atoms with Crippen molar-refractivity contribution in [3.63, 3.8) is 0 Å². The fraction of sp³-hybridized carbons (Fsp3) is 0.900. The van der Waals surface area contributed by atoms with E-state index < -0.39 is 0 Å². The molecule has 1 amide bonds. The van der Waals surface area contributed by atoms with Gasteiger partial charge in [0.05, 0.1) is 5.92 Å². The maximum Gasteiger partial charge on any atom is 0.224 e. The van der Waals surface area contributed by atoms with E-state index >= 15 is 0 Å². The molecule has 1 saturated heterocycles. The summed E-state index contributed by atoms with van der Waals surface area (Å²) in [7, 11) is 1.67. The van der Waals surface area contributed by atoms with E-state index in [2.05, 4.69) is 17.6 Å². The van der Waals surface area contributed by atoms with Gasteiger partial charge in [0, 0.05) is 26.8 Å². The molecule has 82 valence electrons. The van der Waals surface area contributed by atoms with Crippen molar-refractivity contribution in [2.75, 3.05) is 33.4 Å². The average molecular weight is 200 g/mol. The molecule has 0 spiro atoms. The summed E-state index contributed by atoms with van der Waals surface area (Å²) < 4.78 is 4.91. The highest BCUT2D eigenvalue weighted by Crippen LogP contribution is 2.15. The third kappa shape index (κ3) is 3.27. The third-order valence-electron chi connectivity index (χ3n) is 2.68. The predicted molar refractivity (Wildman–Crippen MR) is 55.0 cm³/mol. The Bertz CT molecular complexity index is 185. The van der Waals surface area contributed by atoms with E-state index in [0.717, 1.165) is 26.1 Å². The maximum absolute atomic E-state index is 11.6. The Morgan fingerprint density at radius 2 is 2.36 bits per heavy atom. The number of hydrogen-bond acceptors (Lipinski definition) is 3. The molecule has 0 aromatic heterocycles. The molecule has 0 aromatic rings. The van der Waals surface area contributed by atoms with Crippen LogP contribution in [0, 0.1) is 11.8 Å². The molecule has 14 heavy (non-hydrogen) atoms. The average Bonchev–Trinajstić information content (AvgIpc) is 2.59. The Morgan fingerprint density at radius 3 is 2.93 bits per heavy atom. The molecule has 4 heteroatoms. The molecule has 0 saturated carbocycles. The molecule has 2 atom stereocenters. The minimum absolute atomic E-state index is 0.151. The van der Waals surface area contributed by atoms with E-state index in [1.807, 2.05) is 0 Å². The molecule has 1 aliphatic heterocycles. The van der Waals surface area contributed by atoms with Gasteiger partial charge in [-0.3, -0.25) is 4.79 Å². The summed E-state index contributed by atoms with van der Waals surface area (Å²) in [4.78, 5) is 11.6. The summed E-state index contributed by atoms with van der Waals surface area (Å²) in [6.45, 7) is 5.31. The zero-order chi connectivity index (χ0) is 10.4. The van der Waals surface area contributed by atoms with Crippen LogP contribution in [0.15, 0.2) is 0 Å². The summed E-state index contributed by atoms with van der Waals surface area (Å²) in [5, 5.41) is 6.15. The SMILES string of the molecule is COCCCNC(=O)[C@@H]1CNC[C@H]1C. The highest BCUT2D eigenvalue weighted by Gasteiger charge is 2.28. The van der Waals surface area contributed by atoms with Crippen LogP contribution in [0.1, 0.15) is 13.3 Å². The lowest BCUT2D eigenvalue weighted by Crippen LogP contribution is -2.35. The Balaban J connectivity index is 2.14. The van der Waals surface area contributed by atoms with Crippen molar-refractivity contribution in [2.24, 2.45) is 11.8 Å². The van der Waals surface area contributed by atoms with Gasteiger partial charge in [0.2, 0.25) is 5.91 Å². The summed E-state index contributed by atoms with van der Waals surface area (Å²) in [6.07, 6.45) is 0.886. The Labute approximate surface area is 85.4 Å². The second-order valence-electron chi connectivity index (χ2n) is 3.88. The van der Waals surface area contributed by atoms with Crippen LogP contribution in [-0.4, -0.2) is 39.3 Å². The summed E-state index contributed by atoms with van der Waals surface area (Å²) >= 11 is 0. The lowest BCUT2D eigenvalue weighted by atomic mass is 9.97. The monoisotopic (exact) mass is 200 g/mol. The molecule has 4 nitrogen and oxygen atoms in total. The first kappa shape index (κ1) is 11.5. The normalized spacial score (nSPS) is 26.4. The first-order chi connectivity index (χ1) is 6.75. The number of methoxy groups -OCH3 is 1. The zero-order valence-electron chi connectivity index (χ0n) is 9.01. The van der Waals surface area contributed by atoms with Crippen molar-refractivity contribution >= 4 is 5.91 Å². The molecule has 1 fully saturated rings. The van der Waals surface area contributed by atoms with Gasteiger partial charge in [-0.15, -0.1) is 0 Å². The lowest BCUT2D eigenvalue weighted by molar-refractivity contribution is -0.125.